The van der Waals surface area contributed by atoms with E-state index in [-0.39, 0.29) is 37.7 Å². The van der Waals surface area contributed by atoms with Gasteiger partial charge in [0.2, 0.25) is 22.7 Å². The molecular formula is C32H24N14O. The monoisotopic (exact) mass is 620 g/mol. The van der Waals surface area contributed by atoms with Gasteiger partial charge in [0.05, 0.1) is 0 Å². The van der Waals surface area contributed by atoms with E-state index in [4.69, 9.17) is 30.4 Å². The van der Waals surface area contributed by atoms with Crippen LogP contribution >= 0.6 is 0 Å². The zero-order valence-corrected chi connectivity index (χ0v) is 24.7. The lowest BCUT2D eigenvalue weighted by molar-refractivity contribution is 0.170. The van der Waals surface area contributed by atoms with Gasteiger partial charge in [-0.3, -0.25) is 0 Å². The van der Waals surface area contributed by atoms with Crippen molar-refractivity contribution in [2.75, 3.05) is 13.1 Å². The summed E-state index contributed by atoms with van der Waals surface area (Å²) in [5.74, 6) is 11.7. The molecule has 2 aromatic heterocycles. The summed E-state index contributed by atoms with van der Waals surface area (Å²) in [6.07, 6.45) is 24.3. The summed E-state index contributed by atoms with van der Waals surface area (Å²) >= 11 is 0. The molecule has 2 aliphatic rings. The molecule has 0 fully saturated rings. The molecule has 0 saturated heterocycles. The fraction of sp³-hybridized carbons (Fsp3) is 0.188. The second-order valence-corrected chi connectivity index (χ2v) is 9.95. The first-order valence-corrected chi connectivity index (χ1v) is 14.1. The van der Waals surface area contributed by atoms with E-state index >= 15 is 0 Å². The van der Waals surface area contributed by atoms with Crippen LogP contribution in [0.1, 0.15) is 11.6 Å². The number of hydrogen-bond acceptors (Lipinski definition) is 15. The molecule has 15 heteroatoms. The van der Waals surface area contributed by atoms with Crippen LogP contribution in [0.5, 0.6) is 0 Å². The Morgan fingerprint density at radius 2 is 0.915 bits per heavy atom. The van der Waals surface area contributed by atoms with Crippen LogP contribution in [-0.4, -0.2) is 86.8 Å². The number of terminal acetylenes is 4. The van der Waals surface area contributed by atoms with Crippen LogP contribution in [0, 0.1) is 49.4 Å². The Labute approximate surface area is 269 Å². The summed E-state index contributed by atoms with van der Waals surface area (Å²) in [6.45, 7) is 0.437. The molecule has 0 aliphatic carbocycles. The van der Waals surface area contributed by atoms with Gasteiger partial charge < -0.3 is 4.74 Å². The first kappa shape index (κ1) is 30.3. The first-order valence-electron chi connectivity index (χ1n) is 14.1. The molecule has 0 radical (unpaired) electrons. The van der Waals surface area contributed by atoms with Crippen LogP contribution in [0.3, 0.4) is 0 Å². The van der Waals surface area contributed by atoms with E-state index in [0.29, 0.717) is 23.3 Å². The lowest BCUT2D eigenvalue weighted by Crippen LogP contribution is -2.56. The summed E-state index contributed by atoms with van der Waals surface area (Å²) in [5, 5.41) is 44.9. The molecule has 0 amide bonds. The molecule has 2 aliphatic heterocycles. The molecule has 0 unspecified atom stereocenters. The molecule has 0 saturated carbocycles. The second kappa shape index (κ2) is 13.1. The SMILES string of the molecule is C#CC1(C#C)C(OC2=NNN(CCc3nnc(-c4ccccc4)nn3)C2(C#C)C#C)=NNN1CCc1nnc(-c2ccccc2)nn1. The fourth-order valence-corrected chi connectivity index (χ4v) is 4.65. The minimum Gasteiger partial charge on any atom is -0.417 e. The van der Waals surface area contributed by atoms with Crippen LogP contribution in [0.2, 0.25) is 0 Å². The van der Waals surface area contributed by atoms with E-state index in [0.717, 1.165) is 11.1 Å². The van der Waals surface area contributed by atoms with Crippen molar-refractivity contribution >= 4 is 11.8 Å². The Bertz CT molecular complexity index is 1800. The highest BCUT2D eigenvalue weighted by Crippen LogP contribution is 2.26. The smallest absolute Gasteiger partial charge is 0.262 e. The molecule has 47 heavy (non-hydrogen) atoms. The number of nitrogens with zero attached hydrogens (tertiary/aromatic N) is 12. The third-order valence-electron chi connectivity index (χ3n) is 7.22. The highest BCUT2D eigenvalue weighted by atomic mass is 16.5. The van der Waals surface area contributed by atoms with Crippen LogP contribution in [0.25, 0.3) is 22.8 Å². The molecule has 2 aromatic carbocycles. The summed E-state index contributed by atoms with van der Waals surface area (Å²) in [6, 6.07) is 18.8. The summed E-state index contributed by atoms with van der Waals surface area (Å²) in [4.78, 5) is 0. The van der Waals surface area contributed by atoms with Gasteiger partial charge in [-0.25, -0.2) is 11.1 Å². The number of benzene rings is 2. The molecular weight excluding hydrogens is 596 g/mol. The average molecular weight is 621 g/mol. The number of ether oxygens (including phenoxy) is 1. The van der Waals surface area contributed by atoms with E-state index < -0.39 is 11.1 Å². The van der Waals surface area contributed by atoms with E-state index in [1.165, 1.54) is 10.0 Å². The van der Waals surface area contributed by atoms with Gasteiger partial charge in [0.1, 0.15) is 0 Å². The lowest BCUT2D eigenvalue weighted by atomic mass is 9.99. The zero-order valence-electron chi connectivity index (χ0n) is 24.7. The first-order chi connectivity index (χ1) is 23.0. The molecule has 0 bridgehead atoms. The topological polar surface area (TPSA) is 168 Å². The summed E-state index contributed by atoms with van der Waals surface area (Å²) in [5.41, 5.74) is 4.08. The predicted octanol–water partition coefficient (Wildman–Crippen LogP) is 0.260. The standard InChI is InChI=1S/C32H24N14O/c1-5-31(6-2)29(41-43-45(31)21-19-25-33-37-27(38-34-25)23-15-11-9-12-16-23)47-30-32(7-3,8-4)46(44-42-30)22-20-26-35-39-28(40-36-26)24-17-13-10-14-18-24/h1-4,9-18,43-44H,19-22H2. The van der Waals surface area contributed by atoms with E-state index in [1.807, 2.05) is 60.7 Å². The minimum atomic E-state index is -1.57. The zero-order chi connectivity index (χ0) is 32.7. The maximum absolute atomic E-state index is 6.07. The third-order valence-corrected chi connectivity index (χ3v) is 7.22. The van der Waals surface area contributed by atoms with Crippen molar-refractivity contribution in [3.8, 4) is 72.2 Å². The highest BCUT2D eigenvalue weighted by Gasteiger charge is 2.52. The summed E-state index contributed by atoms with van der Waals surface area (Å²) in [7, 11) is 0. The lowest BCUT2D eigenvalue weighted by Gasteiger charge is -2.30. The maximum Gasteiger partial charge on any atom is 0.262 e. The fourth-order valence-electron chi connectivity index (χ4n) is 4.65. The predicted molar refractivity (Wildman–Crippen MR) is 170 cm³/mol. The molecule has 0 spiro atoms. The van der Waals surface area contributed by atoms with Gasteiger partial charge in [0, 0.05) is 37.1 Å². The van der Waals surface area contributed by atoms with Crippen molar-refractivity contribution in [2.45, 2.75) is 23.9 Å². The van der Waals surface area contributed by atoms with Gasteiger partial charge in [-0.15, -0.1) is 76.7 Å². The Balaban J connectivity index is 1.10. The van der Waals surface area contributed by atoms with Gasteiger partial charge in [-0.2, -0.15) is 10.0 Å². The van der Waals surface area contributed by atoms with Crippen molar-refractivity contribution in [1.82, 2.24) is 61.9 Å². The number of rotatable bonds is 8. The van der Waals surface area contributed by atoms with Gasteiger partial charge in [0.15, 0.2) is 11.6 Å². The second-order valence-electron chi connectivity index (χ2n) is 9.95. The van der Waals surface area contributed by atoms with Crippen molar-refractivity contribution < 1.29 is 4.74 Å². The molecule has 2 N–H and O–H groups in total. The van der Waals surface area contributed by atoms with Crippen molar-refractivity contribution in [3.05, 3.63) is 72.3 Å². The van der Waals surface area contributed by atoms with Crippen molar-refractivity contribution in [2.24, 2.45) is 10.2 Å². The Kier molecular flexibility index (Phi) is 8.41. The molecule has 228 valence electrons. The number of hydrogen-bond donors (Lipinski definition) is 2. The van der Waals surface area contributed by atoms with Gasteiger partial charge in [-0.1, -0.05) is 84.3 Å². The molecule has 15 nitrogen and oxygen atoms in total. The van der Waals surface area contributed by atoms with Crippen LogP contribution < -0.4 is 11.1 Å². The third kappa shape index (κ3) is 5.75. The highest BCUT2D eigenvalue weighted by molar-refractivity contribution is 6.07. The van der Waals surface area contributed by atoms with E-state index in [9.17, 15) is 0 Å². The number of hydrazone groups is 2. The van der Waals surface area contributed by atoms with Crippen LogP contribution in [0.15, 0.2) is 70.9 Å². The Morgan fingerprint density at radius 1 is 0.553 bits per heavy atom. The normalized spacial score (nSPS) is 16.3. The van der Waals surface area contributed by atoms with E-state index in [2.05, 4.69) is 85.7 Å². The largest absolute Gasteiger partial charge is 0.417 e. The Morgan fingerprint density at radius 3 is 1.26 bits per heavy atom. The molecule has 0 atom stereocenters. The maximum atomic E-state index is 6.07. The minimum absolute atomic E-state index is 0.0791. The van der Waals surface area contributed by atoms with Gasteiger partial charge in [0.25, 0.3) is 11.8 Å². The quantitative estimate of drug-likeness (QED) is 0.258. The van der Waals surface area contributed by atoms with Gasteiger partial charge in [-0.05, 0) is 0 Å². The molecule has 4 aromatic rings. The van der Waals surface area contributed by atoms with Crippen molar-refractivity contribution in [3.63, 3.8) is 0 Å². The van der Waals surface area contributed by atoms with Crippen LogP contribution in [0.4, 0.5) is 0 Å². The average Bonchev–Trinajstić information content (AvgIpc) is 3.68. The molecule has 4 heterocycles. The van der Waals surface area contributed by atoms with Crippen molar-refractivity contribution in [1.29, 1.82) is 0 Å². The molecule has 6 rings (SSSR count). The van der Waals surface area contributed by atoms with E-state index in [1.54, 1.807) is 0 Å². The van der Waals surface area contributed by atoms with Crippen LogP contribution in [-0.2, 0) is 17.6 Å². The number of aromatic nitrogens is 8. The summed E-state index contributed by atoms with van der Waals surface area (Å²) < 4.78 is 6.07. The Hall–Kier alpha value is -6.78. The van der Waals surface area contributed by atoms with Gasteiger partial charge >= 0.3 is 0 Å². The number of nitrogens with one attached hydrogen (secondary N) is 2. The number of hydrazine groups is 2.